The van der Waals surface area contributed by atoms with Gasteiger partial charge in [-0.15, -0.1) is 11.3 Å². The van der Waals surface area contributed by atoms with Crippen LogP contribution in [0, 0.1) is 0 Å². The number of halogens is 1. The molecule has 1 atom stereocenters. The summed E-state index contributed by atoms with van der Waals surface area (Å²) in [7, 11) is 1.57. The molecule has 30 heavy (non-hydrogen) atoms. The fourth-order valence-electron chi connectivity index (χ4n) is 3.28. The second kappa shape index (κ2) is 9.59. The van der Waals surface area contributed by atoms with Gasteiger partial charge < -0.3 is 19.1 Å². The van der Waals surface area contributed by atoms with Gasteiger partial charge in [0.1, 0.15) is 12.7 Å². The first-order valence-corrected chi connectivity index (χ1v) is 11.2. The van der Waals surface area contributed by atoms with E-state index in [0.29, 0.717) is 43.4 Å². The molecule has 0 radical (unpaired) electrons. The van der Waals surface area contributed by atoms with E-state index in [9.17, 15) is 4.79 Å². The molecule has 8 heteroatoms. The maximum Gasteiger partial charge on any atom is 0.254 e. The molecule has 1 amide bonds. The molecule has 4 rings (SSSR count). The molecule has 0 bridgehead atoms. The van der Waals surface area contributed by atoms with Gasteiger partial charge in [0.2, 0.25) is 0 Å². The zero-order valence-electron chi connectivity index (χ0n) is 16.4. The number of carbonyl (C=O) groups is 1. The van der Waals surface area contributed by atoms with Gasteiger partial charge in [-0.2, -0.15) is 0 Å². The summed E-state index contributed by atoms with van der Waals surface area (Å²) in [6.07, 6.45) is -0.140. The minimum absolute atomic E-state index is 0.0511. The van der Waals surface area contributed by atoms with Crippen molar-refractivity contribution in [2.75, 3.05) is 26.8 Å². The topological polar surface area (TPSA) is 60.9 Å². The Morgan fingerprint density at radius 2 is 2.10 bits per heavy atom. The van der Waals surface area contributed by atoms with Crippen LogP contribution < -0.4 is 9.47 Å². The molecule has 1 aromatic heterocycles. The number of nitrogens with zero attached hydrogens (tertiary/aromatic N) is 2. The van der Waals surface area contributed by atoms with Crippen molar-refractivity contribution in [1.82, 2.24) is 9.88 Å². The number of hydrogen-bond donors (Lipinski definition) is 0. The third-order valence-corrected chi connectivity index (χ3v) is 6.03. The lowest BCUT2D eigenvalue weighted by molar-refractivity contribution is -0.0228. The van der Waals surface area contributed by atoms with Crippen LogP contribution in [-0.2, 0) is 11.3 Å². The number of aromatic nitrogens is 1. The second-order valence-electron chi connectivity index (χ2n) is 6.80. The number of hydrogen-bond acceptors (Lipinski definition) is 6. The number of ether oxygens (including phenoxy) is 3. The molecule has 0 aliphatic carbocycles. The van der Waals surface area contributed by atoms with Gasteiger partial charge in [-0.3, -0.25) is 4.79 Å². The van der Waals surface area contributed by atoms with E-state index >= 15 is 0 Å². The Morgan fingerprint density at radius 1 is 1.27 bits per heavy atom. The third kappa shape index (κ3) is 4.83. The van der Waals surface area contributed by atoms with Crippen molar-refractivity contribution < 1.29 is 19.0 Å². The number of amides is 1. The Morgan fingerprint density at radius 3 is 2.83 bits per heavy atom. The summed E-state index contributed by atoms with van der Waals surface area (Å²) in [5, 5.41) is 1.94. The van der Waals surface area contributed by atoms with Crippen LogP contribution in [-0.4, -0.2) is 42.6 Å². The van der Waals surface area contributed by atoms with E-state index in [1.54, 1.807) is 30.8 Å². The third-order valence-electron chi connectivity index (χ3n) is 4.87. The van der Waals surface area contributed by atoms with Crippen LogP contribution in [0.4, 0.5) is 0 Å². The highest BCUT2D eigenvalue weighted by atomic mass is 79.9. The highest BCUT2D eigenvalue weighted by Gasteiger charge is 2.26. The zero-order chi connectivity index (χ0) is 20.9. The molecule has 3 aromatic rings. The van der Waals surface area contributed by atoms with Crippen molar-refractivity contribution in [2.45, 2.75) is 12.7 Å². The normalized spacial score (nSPS) is 16.3. The Bertz CT molecular complexity index is 995. The monoisotopic (exact) mass is 488 g/mol. The van der Waals surface area contributed by atoms with Gasteiger partial charge in [0.05, 0.1) is 31.5 Å². The van der Waals surface area contributed by atoms with E-state index < -0.39 is 0 Å². The first kappa shape index (κ1) is 20.8. The minimum atomic E-state index is -0.140. The lowest BCUT2D eigenvalue weighted by Crippen LogP contribution is -2.42. The summed E-state index contributed by atoms with van der Waals surface area (Å²) in [6.45, 7) is 1.91. The number of benzene rings is 2. The standard InChI is InChI=1S/C22H21BrN2O4S/c1-27-20-10-16(4-7-19(20)29-12-18-13-30-14-24-18)22(26)25-8-9-28-21(11-25)15-2-5-17(23)6-3-15/h2-7,10,13-14,21H,8-9,11-12H2,1H3. The van der Waals surface area contributed by atoms with Crippen LogP contribution >= 0.6 is 27.3 Å². The summed E-state index contributed by atoms with van der Waals surface area (Å²) in [6, 6.07) is 13.3. The largest absolute Gasteiger partial charge is 0.493 e. The van der Waals surface area contributed by atoms with Gasteiger partial charge in [0.15, 0.2) is 11.5 Å². The van der Waals surface area contributed by atoms with Gasteiger partial charge in [-0.05, 0) is 35.9 Å². The number of thiazole rings is 1. The van der Waals surface area contributed by atoms with Gasteiger partial charge >= 0.3 is 0 Å². The maximum absolute atomic E-state index is 13.1. The second-order valence-corrected chi connectivity index (χ2v) is 8.43. The van der Waals surface area contributed by atoms with E-state index in [4.69, 9.17) is 14.2 Å². The van der Waals surface area contributed by atoms with Crippen LogP contribution in [0.2, 0.25) is 0 Å². The number of methoxy groups -OCH3 is 1. The molecule has 0 N–H and O–H groups in total. The first-order valence-electron chi connectivity index (χ1n) is 9.48. The molecular formula is C22H21BrN2O4S. The summed E-state index contributed by atoms with van der Waals surface area (Å²) < 4.78 is 18.2. The molecule has 1 aliphatic rings. The summed E-state index contributed by atoms with van der Waals surface area (Å²) in [4.78, 5) is 19.1. The van der Waals surface area contributed by atoms with Crippen molar-refractivity contribution in [3.63, 3.8) is 0 Å². The number of carbonyl (C=O) groups excluding carboxylic acids is 1. The molecule has 156 valence electrons. The summed E-state index contributed by atoms with van der Waals surface area (Å²) in [5.74, 6) is 1.05. The molecule has 6 nitrogen and oxygen atoms in total. The van der Waals surface area contributed by atoms with Crippen LogP contribution in [0.5, 0.6) is 11.5 Å². The highest BCUT2D eigenvalue weighted by Crippen LogP contribution is 2.30. The molecule has 1 unspecified atom stereocenters. The van der Waals surface area contributed by atoms with Crippen LogP contribution in [0.15, 0.2) is 57.8 Å². The smallest absolute Gasteiger partial charge is 0.254 e. The quantitative estimate of drug-likeness (QED) is 0.502. The van der Waals surface area contributed by atoms with Gasteiger partial charge in [-0.25, -0.2) is 4.98 Å². The van der Waals surface area contributed by atoms with Crippen molar-refractivity contribution in [3.05, 3.63) is 74.6 Å². The summed E-state index contributed by atoms with van der Waals surface area (Å²) >= 11 is 4.97. The van der Waals surface area contributed by atoms with Gasteiger partial charge in [0.25, 0.3) is 5.91 Å². The molecule has 0 saturated carbocycles. The molecular weight excluding hydrogens is 468 g/mol. The predicted octanol–water partition coefficient (Wildman–Crippen LogP) is 4.71. The molecule has 1 fully saturated rings. The fourth-order valence-corrected chi connectivity index (χ4v) is 4.08. The van der Waals surface area contributed by atoms with Crippen molar-refractivity contribution in [2.24, 2.45) is 0 Å². The molecule has 2 aromatic carbocycles. The molecule has 2 heterocycles. The van der Waals surface area contributed by atoms with E-state index in [-0.39, 0.29) is 12.0 Å². The molecule has 1 aliphatic heterocycles. The van der Waals surface area contributed by atoms with E-state index in [1.807, 2.05) is 34.5 Å². The Hall–Kier alpha value is -2.42. The number of morpholine rings is 1. The Balaban J connectivity index is 1.46. The predicted molar refractivity (Wildman–Crippen MR) is 118 cm³/mol. The highest BCUT2D eigenvalue weighted by molar-refractivity contribution is 9.10. The molecule has 0 spiro atoms. The van der Waals surface area contributed by atoms with Gasteiger partial charge in [0, 0.05) is 22.0 Å². The van der Waals surface area contributed by atoms with E-state index in [2.05, 4.69) is 20.9 Å². The number of rotatable bonds is 6. The lowest BCUT2D eigenvalue weighted by Gasteiger charge is -2.33. The van der Waals surface area contributed by atoms with Crippen LogP contribution in [0.25, 0.3) is 0 Å². The fraction of sp³-hybridized carbons (Fsp3) is 0.273. The zero-order valence-corrected chi connectivity index (χ0v) is 18.8. The van der Waals surface area contributed by atoms with Crippen molar-refractivity contribution >= 4 is 33.2 Å². The Labute approximate surface area is 187 Å². The lowest BCUT2D eigenvalue weighted by atomic mass is 10.1. The van der Waals surface area contributed by atoms with Crippen LogP contribution in [0.3, 0.4) is 0 Å². The van der Waals surface area contributed by atoms with E-state index in [1.165, 1.54) is 11.3 Å². The Kier molecular flexibility index (Phi) is 6.66. The van der Waals surface area contributed by atoms with Crippen LogP contribution in [0.1, 0.15) is 27.7 Å². The van der Waals surface area contributed by atoms with Gasteiger partial charge in [-0.1, -0.05) is 28.1 Å². The first-order chi connectivity index (χ1) is 14.6. The molecule has 1 saturated heterocycles. The average Bonchev–Trinajstić information content (AvgIpc) is 3.31. The average molecular weight is 489 g/mol. The SMILES string of the molecule is COc1cc(C(=O)N2CCOC(c3ccc(Br)cc3)C2)ccc1OCc1cscn1. The minimum Gasteiger partial charge on any atom is -0.493 e. The maximum atomic E-state index is 13.1. The van der Waals surface area contributed by atoms with Crippen molar-refractivity contribution in [3.8, 4) is 11.5 Å². The summed E-state index contributed by atoms with van der Waals surface area (Å²) in [5.41, 5.74) is 4.24. The van der Waals surface area contributed by atoms with Crippen molar-refractivity contribution in [1.29, 1.82) is 0 Å². The van der Waals surface area contributed by atoms with E-state index in [0.717, 1.165) is 15.7 Å².